The quantitative estimate of drug-likeness (QED) is 0.424. The van der Waals surface area contributed by atoms with Crippen molar-refractivity contribution in [3.63, 3.8) is 0 Å². The first-order valence-corrected chi connectivity index (χ1v) is 10.6. The maximum absolute atomic E-state index is 12.3. The monoisotopic (exact) mass is 465 g/mol. The fraction of sp³-hybridized carbons (Fsp3) is 0.130. The lowest BCUT2D eigenvalue weighted by molar-refractivity contribution is -0.119. The number of hydrogen-bond donors (Lipinski definition) is 2. The molecule has 0 atom stereocenters. The number of thiocarbonyl (C=S) groups is 1. The van der Waals surface area contributed by atoms with E-state index in [1.165, 1.54) is 0 Å². The summed E-state index contributed by atoms with van der Waals surface area (Å²) in [5, 5.41) is 15.7. The van der Waals surface area contributed by atoms with Gasteiger partial charge in [0.2, 0.25) is 5.91 Å². The van der Waals surface area contributed by atoms with Gasteiger partial charge in [-0.3, -0.25) is 4.79 Å². The maximum Gasteiger partial charge on any atom is 0.230 e. The van der Waals surface area contributed by atoms with E-state index in [9.17, 15) is 4.79 Å². The van der Waals surface area contributed by atoms with Gasteiger partial charge in [0.25, 0.3) is 0 Å². The summed E-state index contributed by atoms with van der Waals surface area (Å²) in [7, 11) is 1.62. The molecule has 0 aliphatic rings. The highest BCUT2D eigenvalue weighted by Crippen LogP contribution is 2.23. The summed E-state index contributed by atoms with van der Waals surface area (Å²) in [6, 6.07) is 18.4. The number of nitrogens with one attached hydrogen (secondary N) is 2. The number of aryl methyl sites for hydroxylation is 1. The van der Waals surface area contributed by atoms with Crippen molar-refractivity contribution in [3.8, 4) is 11.4 Å². The van der Waals surface area contributed by atoms with Crippen LogP contribution in [-0.4, -0.2) is 33.1 Å². The highest BCUT2D eigenvalue weighted by molar-refractivity contribution is 7.80. The molecular formula is C23H20ClN5O2S. The van der Waals surface area contributed by atoms with E-state index in [1.807, 2.05) is 55.5 Å². The normalized spacial score (nSPS) is 10.7. The van der Waals surface area contributed by atoms with E-state index in [-0.39, 0.29) is 17.4 Å². The van der Waals surface area contributed by atoms with Crippen molar-refractivity contribution >= 4 is 51.6 Å². The van der Waals surface area contributed by atoms with Crippen LogP contribution in [0, 0.1) is 6.92 Å². The topological polar surface area (TPSA) is 81.1 Å². The van der Waals surface area contributed by atoms with Crippen molar-refractivity contribution in [1.82, 2.24) is 20.3 Å². The summed E-state index contributed by atoms with van der Waals surface area (Å²) >= 11 is 11.2. The second-order valence-corrected chi connectivity index (χ2v) is 7.99. The van der Waals surface area contributed by atoms with Gasteiger partial charge in [-0.1, -0.05) is 23.7 Å². The number of methoxy groups -OCH3 is 1. The number of rotatable bonds is 5. The minimum absolute atomic E-state index is 0.202. The predicted molar refractivity (Wildman–Crippen MR) is 130 cm³/mol. The molecule has 2 N–H and O–H groups in total. The number of carbonyl (C=O) groups is 1. The molecule has 9 heteroatoms. The first-order valence-electron chi connectivity index (χ1n) is 9.78. The number of benzene rings is 3. The maximum atomic E-state index is 12.3. The molecule has 3 aromatic carbocycles. The lowest BCUT2D eigenvalue weighted by atomic mass is 10.1. The van der Waals surface area contributed by atoms with Gasteiger partial charge in [-0.15, -0.1) is 10.2 Å². The van der Waals surface area contributed by atoms with Crippen LogP contribution in [0.1, 0.15) is 11.1 Å². The van der Waals surface area contributed by atoms with E-state index in [0.29, 0.717) is 10.5 Å². The lowest BCUT2D eigenvalue weighted by Gasteiger charge is -2.11. The van der Waals surface area contributed by atoms with Crippen LogP contribution in [0.25, 0.3) is 16.7 Å². The number of ether oxygens (including phenoxy) is 1. The lowest BCUT2D eigenvalue weighted by Crippen LogP contribution is -2.35. The molecular weight excluding hydrogens is 446 g/mol. The third-order valence-electron chi connectivity index (χ3n) is 4.81. The molecule has 1 heterocycles. The fourth-order valence-electron chi connectivity index (χ4n) is 3.15. The van der Waals surface area contributed by atoms with Gasteiger partial charge in [-0.2, -0.15) is 4.80 Å². The predicted octanol–water partition coefficient (Wildman–Crippen LogP) is 4.45. The molecule has 7 nitrogen and oxygen atoms in total. The second-order valence-electron chi connectivity index (χ2n) is 7.15. The molecule has 0 saturated carbocycles. The standard InChI is InChI=1S/C23H20ClN5O2S/c1-14-11-20-21(28-29(27-20)17-7-9-18(31-2)10-8-17)13-19(14)25-23(32)26-22(30)12-15-3-5-16(24)6-4-15/h3-11,13H,12H2,1-2H3,(H2,25,26,30,32). The Balaban J connectivity index is 1.46. The summed E-state index contributed by atoms with van der Waals surface area (Å²) in [5.41, 5.74) is 4.79. The first-order chi connectivity index (χ1) is 15.4. The van der Waals surface area contributed by atoms with Gasteiger partial charge in [0.05, 0.1) is 19.2 Å². The highest BCUT2D eigenvalue weighted by Gasteiger charge is 2.11. The molecule has 1 aromatic heterocycles. The van der Waals surface area contributed by atoms with Crippen molar-refractivity contribution < 1.29 is 9.53 Å². The Morgan fingerprint density at radius 2 is 1.72 bits per heavy atom. The van der Waals surface area contributed by atoms with Gasteiger partial charge >= 0.3 is 0 Å². The largest absolute Gasteiger partial charge is 0.497 e. The minimum Gasteiger partial charge on any atom is -0.497 e. The fourth-order valence-corrected chi connectivity index (χ4v) is 3.50. The van der Waals surface area contributed by atoms with Gasteiger partial charge < -0.3 is 15.4 Å². The number of halogens is 1. The van der Waals surface area contributed by atoms with E-state index in [2.05, 4.69) is 20.8 Å². The molecule has 4 rings (SSSR count). The van der Waals surface area contributed by atoms with Crippen molar-refractivity contribution in [2.75, 3.05) is 12.4 Å². The number of hydrogen-bond acceptors (Lipinski definition) is 5. The average Bonchev–Trinajstić information content (AvgIpc) is 3.18. The molecule has 4 aromatic rings. The molecule has 1 amide bonds. The van der Waals surface area contributed by atoms with Crippen LogP contribution in [0.5, 0.6) is 5.75 Å². The van der Waals surface area contributed by atoms with E-state index in [0.717, 1.165) is 33.8 Å². The Morgan fingerprint density at radius 3 is 2.38 bits per heavy atom. The zero-order valence-electron chi connectivity index (χ0n) is 17.4. The van der Waals surface area contributed by atoms with Crippen LogP contribution in [0.4, 0.5) is 5.69 Å². The Hall–Kier alpha value is -3.49. The number of nitrogens with zero attached hydrogens (tertiary/aromatic N) is 3. The molecule has 0 spiro atoms. The summed E-state index contributed by atoms with van der Waals surface area (Å²) in [5.74, 6) is 0.549. The first kappa shape index (κ1) is 21.7. The van der Waals surface area contributed by atoms with Gasteiger partial charge in [-0.05, 0) is 78.8 Å². The van der Waals surface area contributed by atoms with Crippen LogP contribution in [-0.2, 0) is 11.2 Å². The Bertz CT molecular complexity index is 1290. The number of carbonyl (C=O) groups excluding carboxylic acids is 1. The number of aromatic nitrogens is 3. The minimum atomic E-state index is -0.214. The molecule has 32 heavy (non-hydrogen) atoms. The van der Waals surface area contributed by atoms with E-state index < -0.39 is 0 Å². The summed E-state index contributed by atoms with van der Waals surface area (Å²) in [6.07, 6.45) is 0.202. The Kier molecular flexibility index (Phi) is 6.34. The number of amides is 1. The third-order valence-corrected chi connectivity index (χ3v) is 5.27. The van der Waals surface area contributed by atoms with Crippen molar-refractivity contribution in [1.29, 1.82) is 0 Å². The average molecular weight is 466 g/mol. The van der Waals surface area contributed by atoms with Crippen LogP contribution < -0.4 is 15.4 Å². The van der Waals surface area contributed by atoms with Gasteiger partial charge in [0.1, 0.15) is 16.8 Å². The van der Waals surface area contributed by atoms with Crippen molar-refractivity contribution in [2.45, 2.75) is 13.3 Å². The highest BCUT2D eigenvalue weighted by atomic mass is 35.5. The van der Waals surface area contributed by atoms with Crippen LogP contribution in [0.15, 0.2) is 60.7 Å². The smallest absolute Gasteiger partial charge is 0.230 e. The summed E-state index contributed by atoms with van der Waals surface area (Å²) < 4.78 is 5.19. The van der Waals surface area contributed by atoms with Gasteiger partial charge in [0.15, 0.2) is 5.11 Å². The van der Waals surface area contributed by atoms with E-state index in [1.54, 1.807) is 24.0 Å². The Labute approximate surface area is 195 Å². The second kappa shape index (κ2) is 9.33. The van der Waals surface area contributed by atoms with Crippen molar-refractivity contribution in [2.24, 2.45) is 0 Å². The van der Waals surface area contributed by atoms with Crippen LogP contribution >= 0.6 is 23.8 Å². The molecule has 0 fully saturated rings. The zero-order chi connectivity index (χ0) is 22.7. The molecule has 0 aliphatic heterocycles. The van der Waals surface area contributed by atoms with Gasteiger partial charge in [0, 0.05) is 10.7 Å². The number of anilines is 1. The molecule has 162 valence electrons. The third kappa shape index (κ3) is 5.04. The van der Waals surface area contributed by atoms with Crippen LogP contribution in [0.2, 0.25) is 5.02 Å². The molecule has 0 bridgehead atoms. The molecule has 0 radical (unpaired) electrons. The van der Waals surface area contributed by atoms with Crippen LogP contribution in [0.3, 0.4) is 0 Å². The van der Waals surface area contributed by atoms with Crippen molar-refractivity contribution in [3.05, 3.63) is 76.8 Å². The summed E-state index contributed by atoms with van der Waals surface area (Å²) in [6.45, 7) is 1.94. The Morgan fingerprint density at radius 1 is 1.06 bits per heavy atom. The van der Waals surface area contributed by atoms with E-state index in [4.69, 9.17) is 28.6 Å². The van der Waals surface area contributed by atoms with E-state index >= 15 is 0 Å². The molecule has 0 unspecified atom stereocenters. The SMILES string of the molecule is COc1ccc(-n2nc3cc(C)c(NC(=S)NC(=O)Cc4ccc(Cl)cc4)cc3n2)cc1. The van der Waals surface area contributed by atoms with Gasteiger partial charge in [-0.25, -0.2) is 0 Å². The number of fused-ring (bicyclic) bond motifs is 1. The molecule has 0 saturated heterocycles. The molecule has 0 aliphatic carbocycles. The summed E-state index contributed by atoms with van der Waals surface area (Å²) in [4.78, 5) is 13.9. The zero-order valence-corrected chi connectivity index (χ0v) is 19.0.